The van der Waals surface area contributed by atoms with Crippen molar-refractivity contribution in [2.24, 2.45) is 10.9 Å². The Morgan fingerprint density at radius 3 is 3.06 bits per heavy atom. The topological polar surface area (TPSA) is 27.6 Å². The molecule has 18 heavy (non-hydrogen) atoms. The van der Waals surface area contributed by atoms with Gasteiger partial charge >= 0.3 is 0 Å². The van der Waals surface area contributed by atoms with Gasteiger partial charge in [0.2, 0.25) is 0 Å². The summed E-state index contributed by atoms with van der Waals surface area (Å²) < 4.78 is 0. The van der Waals surface area contributed by atoms with Crippen LogP contribution < -0.4 is 5.32 Å². The number of amidine groups is 1. The molecule has 1 N–H and O–H groups in total. The van der Waals surface area contributed by atoms with Gasteiger partial charge in [0.05, 0.1) is 6.54 Å². The van der Waals surface area contributed by atoms with Gasteiger partial charge in [0, 0.05) is 42.9 Å². The van der Waals surface area contributed by atoms with Gasteiger partial charge < -0.3 is 5.32 Å². The highest BCUT2D eigenvalue weighted by Crippen LogP contribution is 2.32. The highest BCUT2D eigenvalue weighted by Gasteiger charge is 2.31. The zero-order valence-electron chi connectivity index (χ0n) is 10.9. The van der Waals surface area contributed by atoms with Crippen LogP contribution in [-0.2, 0) is 0 Å². The fraction of sp³-hybridized carbons (Fsp3) is 0.923. The van der Waals surface area contributed by atoms with Gasteiger partial charge in [-0.05, 0) is 18.8 Å². The van der Waals surface area contributed by atoms with Crippen molar-refractivity contribution in [2.45, 2.75) is 25.3 Å². The number of fused-ring (bicyclic) bond motifs is 1. The van der Waals surface area contributed by atoms with E-state index in [-0.39, 0.29) is 0 Å². The van der Waals surface area contributed by atoms with E-state index in [1.165, 1.54) is 54.8 Å². The Morgan fingerprint density at radius 1 is 1.28 bits per heavy atom. The molecule has 0 aromatic carbocycles. The molecule has 2 aliphatic heterocycles. The van der Waals surface area contributed by atoms with Crippen molar-refractivity contribution in [3.05, 3.63) is 0 Å². The summed E-state index contributed by atoms with van der Waals surface area (Å²) in [5, 5.41) is 4.86. The third-order valence-electron chi connectivity index (χ3n) is 4.18. The minimum Gasteiger partial charge on any atom is -0.362 e. The van der Waals surface area contributed by atoms with E-state index in [9.17, 15) is 0 Å². The summed E-state index contributed by atoms with van der Waals surface area (Å²) in [4.78, 5) is 7.31. The molecule has 2 heterocycles. The summed E-state index contributed by atoms with van der Waals surface area (Å²) >= 11 is 4.02. The van der Waals surface area contributed by atoms with Crippen LogP contribution >= 0.6 is 23.5 Å². The molecule has 2 saturated heterocycles. The van der Waals surface area contributed by atoms with Gasteiger partial charge in [0.25, 0.3) is 0 Å². The Hall–Kier alpha value is 0.130. The number of hydrogen-bond acceptors (Lipinski definition) is 4. The Bertz CT molecular complexity index is 303. The monoisotopic (exact) mass is 285 g/mol. The third kappa shape index (κ3) is 3.36. The van der Waals surface area contributed by atoms with Gasteiger partial charge in [-0.1, -0.05) is 18.2 Å². The van der Waals surface area contributed by atoms with E-state index in [0.717, 1.165) is 25.0 Å². The smallest absolute Gasteiger partial charge is 0.156 e. The van der Waals surface area contributed by atoms with E-state index in [2.05, 4.69) is 22.0 Å². The summed E-state index contributed by atoms with van der Waals surface area (Å²) in [7, 11) is 0. The molecule has 3 nitrogen and oxygen atoms in total. The predicted molar refractivity (Wildman–Crippen MR) is 82.8 cm³/mol. The Balaban J connectivity index is 1.42. The van der Waals surface area contributed by atoms with E-state index in [4.69, 9.17) is 4.99 Å². The zero-order chi connectivity index (χ0) is 12.2. The highest BCUT2D eigenvalue weighted by atomic mass is 32.2. The number of aliphatic imine (C=N–C) groups is 1. The first kappa shape index (κ1) is 13.1. The number of nitrogens with one attached hydrogen (secondary N) is 1. The molecule has 0 spiro atoms. The van der Waals surface area contributed by atoms with Crippen molar-refractivity contribution in [1.82, 2.24) is 10.2 Å². The largest absolute Gasteiger partial charge is 0.362 e. The maximum absolute atomic E-state index is 4.76. The molecule has 3 aliphatic rings. The molecule has 102 valence electrons. The van der Waals surface area contributed by atoms with E-state index in [0.29, 0.717) is 0 Å². The zero-order valence-corrected chi connectivity index (χ0v) is 12.6. The fourth-order valence-electron chi connectivity index (χ4n) is 3.02. The van der Waals surface area contributed by atoms with Gasteiger partial charge in [-0.2, -0.15) is 11.8 Å². The van der Waals surface area contributed by atoms with Crippen LogP contribution in [0.25, 0.3) is 0 Å². The van der Waals surface area contributed by atoms with Gasteiger partial charge in [0.15, 0.2) is 5.17 Å². The summed E-state index contributed by atoms with van der Waals surface area (Å²) in [6.45, 7) is 4.61. The van der Waals surface area contributed by atoms with Crippen molar-refractivity contribution < 1.29 is 0 Å². The minimum atomic E-state index is 0.733. The average molecular weight is 285 g/mol. The number of thioether (sulfide) groups is 2. The molecule has 0 bridgehead atoms. The summed E-state index contributed by atoms with van der Waals surface area (Å²) in [6, 6.07) is 0.733. The molecule has 1 saturated carbocycles. The normalized spacial score (nSPS) is 35.4. The van der Waals surface area contributed by atoms with Crippen LogP contribution in [0.15, 0.2) is 4.99 Å². The molecule has 0 amide bonds. The molecular formula is C13H23N3S2. The first-order valence-corrected chi connectivity index (χ1v) is 9.30. The minimum absolute atomic E-state index is 0.733. The predicted octanol–water partition coefficient (Wildman–Crippen LogP) is 1.90. The summed E-state index contributed by atoms with van der Waals surface area (Å²) in [6.07, 6.45) is 4.18. The van der Waals surface area contributed by atoms with Crippen molar-refractivity contribution in [3.63, 3.8) is 0 Å². The summed E-state index contributed by atoms with van der Waals surface area (Å²) in [5.41, 5.74) is 0. The van der Waals surface area contributed by atoms with Gasteiger partial charge in [-0.3, -0.25) is 9.89 Å². The molecule has 0 aromatic rings. The maximum Gasteiger partial charge on any atom is 0.156 e. The van der Waals surface area contributed by atoms with E-state index < -0.39 is 0 Å². The van der Waals surface area contributed by atoms with Gasteiger partial charge in [-0.25, -0.2) is 0 Å². The average Bonchev–Trinajstić information content (AvgIpc) is 2.87. The number of hydrogen-bond donors (Lipinski definition) is 1. The lowest BCUT2D eigenvalue weighted by Crippen LogP contribution is -2.42. The maximum atomic E-state index is 4.76. The quantitative estimate of drug-likeness (QED) is 0.857. The molecule has 2 unspecified atom stereocenters. The second kappa shape index (κ2) is 6.53. The highest BCUT2D eigenvalue weighted by molar-refractivity contribution is 8.13. The first-order chi connectivity index (χ1) is 8.92. The van der Waals surface area contributed by atoms with Crippen LogP contribution in [-0.4, -0.2) is 59.5 Å². The molecule has 5 heteroatoms. The standard InChI is InChI=1S/C13H23N3S2/c1-2-11-10-18-13(15-12(11)3-1)14-4-5-16-6-8-17-9-7-16/h11-12H,1-10H2,(H,14,15). The van der Waals surface area contributed by atoms with Crippen molar-refractivity contribution in [1.29, 1.82) is 0 Å². The molecule has 0 radical (unpaired) electrons. The van der Waals surface area contributed by atoms with Crippen molar-refractivity contribution in [3.8, 4) is 0 Å². The first-order valence-electron chi connectivity index (χ1n) is 7.16. The molecule has 0 aromatic heterocycles. The van der Waals surface area contributed by atoms with Crippen LogP contribution in [0, 0.1) is 5.92 Å². The molecular weight excluding hydrogens is 262 g/mol. The van der Waals surface area contributed by atoms with Crippen LogP contribution in [0.2, 0.25) is 0 Å². The lowest BCUT2D eigenvalue weighted by Gasteiger charge is -2.28. The van der Waals surface area contributed by atoms with E-state index in [1.807, 2.05) is 11.8 Å². The van der Waals surface area contributed by atoms with Gasteiger partial charge in [0.1, 0.15) is 0 Å². The second-order valence-corrected chi connectivity index (χ2v) is 7.63. The lowest BCUT2D eigenvalue weighted by atomic mass is 10.1. The van der Waals surface area contributed by atoms with Crippen LogP contribution in [0.5, 0.6) is 0 Å². The number of rotatable bonds is 3. The summed E-state index contributed by atoms with van der Waals surface area (Å²) in [5.74, 6) is 4.80. The fourth-order valence-corrected chi connectivity index (χ4v) is 5.19. The van der Waals surface area contributed by atoms with Crippen LogP contribution in [0.3, 0.4) is 0 Å². The van der Waals surface area contributed by atoms with E-state index in [1.54, 1.807) is 0 Å². The molecule has 3 fully saturated rings. The second-order valence-electron chi connectivity index (χ2n) is 5.39. The van der Waals surface area contributed by atoms with Crippen LogP contribution in [0.1, 0.15) is 19.3 Å². The molecule has 2 atom stereocenters. The van der Waals surface area contributed by atoms with Crippen LogP contribution in [0.4, 0.5) is 0 Å². The van der Waals surface area contributed by atoms with Gasteiger partial charge in [-0.15, -0.1) is 0 Å². The lowest BCUT2D eigenvalue weighted by molar-refractivity contribution is 0.311. The SMILES string of the molecule is C1CC2CSC(=NCCN3CCSCC3)NC2C1. The number of nitrogens with zero attached hydrogens (tertiary/aromatic N) is 2. The molecule has 1 aliphatic carbocycles. The Kier molecular flexibility index (Phi) is 4.76. The Labute approximate surface area is 119 Å². The van der Waals surface area contributed by atoms with Crippen molar-refractivity contribution >= 4 is 28.7 Å². The van der Waals surface area contributed by atoms with Crippen molar-refractivity contribution in [2.75, 3.05) is 43.4 Å². The Morgan fingerprint density at radius 2 is 2.17 bits per heavy atom. The third-order valence-corrected chi connectivity index (χ3v) is 6.24. The molecule has 3 rings (SSSR count). The van der Waals surface area contributed by atoms with E-state index >= 15 is 0 Å².